The predicted octanol–water partition coefficient (Wildman–Crippen LogP) is 4.82. The third-order valence-corrected chi connectivity index (χ3v) is 4.66. The monoisotopic (exact) mass is 424 g/mol. The van der Waals surface area contributed by atoms with Crippen LogP contribution in [-0.4, -0.2) is 32.9 Å². The van der Waals surface area contributed by atoms with E-state index in [1.807, 2.05) is 36.4 Å². The molecule has 0 spiro atoms. The lowest BCUT2D eigenvalue weighted by molar-refractivity contribution is 0.0651. The zero-order valence-electron chi connectivity index (χ0n) is 18.1. The van der Waals surface area contributed by atoms with Crippen LogP contribution in [0.3, 0.4) is 0 Å². The number of rotatable bonds is 9. The number of hydrogen-bond acceptors (Lipinski definition) is 4. The lowest BCUT2D eigenvalue weighted by atomic mass is 9.84. The molecule has 0 aliphatic carbocycles. The number of benzene rings is 2. The fraction of sp³-hybridized carbons (Fsp3) is 0.280. The zero-order valence-corrected chi connectivity index (χ0v) is 18.1. The van der Waals surface area contributed by atoms with Crippen molar-refractivity contribution in [2.24, 2.45) is 0 Å². The molecule has 0 radical (unpaired) electrons. The summed E-state index contributed by atoms with van der Waals surface area (Å²) in [4.78, 5) is 22.5. The Bertz CT molecular complexity index is 1010. The number of ether oxygens (including phenoxy) is 1. The van der Waals surface area contributed by atoms with Gasteiger partial charge in [-0.05, 0) is 49.2 Å². The highest BCUT2D eigenvalue weighted by molar-refractivity contribution is 6.01. The first kappa shape index (κ1) is 23.9. The van der Waals surface area contributed by atoms with Crippen molar-refractivity contribution in [1.29, 1.82) is 0 Å². The van der Waals surface area contributed by atoms with E-state index < -0.39 is 17.5 Å². The van der Waals surface area contributed by atoms with Crippen LogP contribution in [0.4, 0.5) is 0 Å². The van der Waals surface area contributed by atoms with Gasteiger partial charge in [-0.3, -0.25) is 0 Å². The zero-order chi connectivity index (χ0) is 23.2. The Labute approximate surface area is 182 Å². The third-order valence-electron chi connectivity index (χ3n) is 4.66. The van der Waals surface area contributed by atoms with Crippen LogP contribution in [-0.2, 0) is 12.0 Å². The van der Waals surface area contributed by atoms with Gasteiger partial charge in [-0.2, -0.15) is 0 Å². The fourth-order valence-corrected chi connectivity index (χ4v) is 2.88. The summed E-state index contributed by atoms with van der Waals surface area (Å²) in [5, 5.41) is 28.1. The van der Waals surface area contributed by atoms with Crippen molar-refractivity contribution in [3.63, 3.8) is 0 Å². The van der Waals surface area contributed by atoms with Crippen LogP contribution >= 0.6 is 0 Å². The van der Waals surface area contributed by atoms with Gasteiger partial charge in [0.25, 0.3) is 0 Å². The summed E-state index contributed by atoms with van der Waals surface area (Å²) in [6, 6.07) is 11.7. The second-order valence-electron chi connectivity index (χ2n) is 8.40. The van der Waals surface area contributed by atoms with Gasteiger partial charge in [-0.1, -0.05) is 56.4 Å². The van der Waals surface area contributed by atoms with E-state index in [-0.39, 0.29) is 23.1 Å². The van der Waals surface area contributed by atoms with Crippen LogP contribution in [0, 0.1) is 0 Å². The van der Waals surface area contributed by atoms with Gasteiger partial charge in [0.2, 0.25) is 0 Å². The van der Waals surface area contributed by atoms with Crippen LogP contribution in [0.5, 0.6) is 5.75 Å². The molecule has 3 N–H and O–H groups in total. The largest absolute Gasteiger partial charge is 0.489 e. The summed E-state index contributed by atoms with van der Waals surface area (Å²) in [5.41, 5.74) is -0.110. The van der Waals surface area contributed by atoms with Crippen molar-refractivity contribution in [2.45, 2.75) is 45.3 Å². The summed E-state index contributed by atoms with van der Waals surface area (Å²) < 4.78 is 5.82. The maximum absolute atomic E-state index is 11.3. The second kappa shape index (κ2) is 9.62. The minimum Gasteiger partial charge on any atom is -0.489 e. The molecule has 0 aliphatic heterocycles. The summed E-state index contributed by atoms with van der Waals surface area (Å²) in [6.45, 7) is 7.64. The Morgan fingerprint density at radius 1 is 0.903 bits per heavy atom. The minimum absolute atomic E-state index is 0.105. The van der Waals surface area contributed by atoms with Gasteiger partial charge in [-0.15, -0.1) is 0 Å². The summed E-state index contributed by atoms with van der Waals surface area (Å²) in [6.07, 6.45) is 7.43. The highest BCUT2D eigenvalue weighted by Gasteiger charge is 2.18. The average Bonchev–Trinajstić information content (AvgIpc) is 2.69. The Hall–Kier alpha value is -3.38. The van der Waals surface area contributed by atoms with Gasteiger partial charge in [0.1, 0.15) is 12.4 Å². The normalized spacial score (nSPS) is 12.4. The van der Waals surface area contributed by atoms with Gasteiger partial charge in [0, 0.05) is 5.41 Å². The van der Waals surface area contributed by atoms with Crippen LogP contribution in [0.15, 0.2) is 66.8 Å². The molecule has 0 heterocycles. The smallest absolute Gasteiger partial charge is 0.336 e. The molecular weight excluding hydrogens is 396 g/mol. The third kappa shape index (κ3) is 7.12. The minimum atomic E-state index is -1.30. The van der Waals surface area contributed by atoms with Gasteiger partial charge in [0.05, 0.1) is 16.7 Å². The van der Waals surface area contributed by atoms with E-state index in [2.05, 4.69) is 13.8 Å². The van der Waals surface area contributed by atoms with Crippen LogP contribution in [0.1, 0.15) is 59.5 Å². The molecule has 0 amide bonds. The fourth-order valence-electron chi connectivity index (χ4n) is 2.88. The number of aromatic carboxylic acids is 2. The van der Waals surface area contributed by atoms with Crippen LogP contribution in [0.2, 0.25) is 0 Å². The Morgan fingerprint density at radius 2 is 1.55 bits per heavy atom. The standard InChI is InChI=1S/C25H28O6/c1-24(2,12-5-6-13-25(3,4)30)18-8-7-9-19(15-18)31-16-17-10-11-20(22(26)27)21(14-17)23(28)29/h5-15,30H,16H2,1-4H3,(H,26,27)(H,28,29). The van der Waals surface area contributed by atoms with Crippen molar-refractivity contribution in [3.05, 3.63) is 89.0 Å². The predicted molar refractivity (Wildman–Crippen MR) is 119 cm³/mol. The second-order valence-corrected chi connectivity index (χ2v) is 8.40. The molecule has 164 valence electrons. The maximum atomic E-state index is 11.3. The molecule has 0 aromatic heterocycles. The Kier molecular flexibility index (Phi) is 7.41. The van der Waals surface area contributed by atoms with E-state index in [4.69, 9.17) is 9.84 Å². The molecule has 0 aliphatic rings. The highest BCUT2D eigenvalue weighted by Crippen LogP contribution is 2.28. The Morgan fingerprint density at radius 3 is 2.16 bits per heavy atom. The SMILES string of the molecule is CC(C)(O)C=CC=CC(C)(C)c1cccc(OCc2ccc(C(=O)O)c(C(=O)O)c2)c1. The first-order valence-electron chi connectivity index (χ1n) is 9.81. The van der Waals surface area contributed by atoms with Crippen molar-refractivity contribution in [1.82, 2.24) is 0 Å². The van der Waals surface area contributed by atoms with Crippen molar-refractivity contribution in [3.8, 4) is 5.75 Å². The molecule has 0 fully saturated rings. The van der Waals surface area contributed by atoms with Crippen molar-refractivity contribution < 1.29 is 29.6 Å². The van der Waals surface area contributed by atoms with Gasteiger partial charge >= 0.3 is 11.9 Å². The first-order chi connectivity index (χ1) is 14.4. The number of carbonyl (C=O) groups is 2. The lowest BCUT2D eigenvalue weighted by Gasteiger charge is -2.21. The summed E-state index contributed by atoms with van der Waals surface area (Å²) in [5.74, 6) is -1.97. The molecule has 6 nitrogen and oxygen atoms in total. The topological polar surface area (TPSA) is 104 Å². The molecule has 31 heavy (non-hydrogen) atoms. The highest BCUT2D eigenvalue weighted by atomic mass is 16.5. The molecule has 0 bridgehead atoms. The lowest BCUT2D eigenvalue weighted by Crippen LogP contribution is -2.14. The number of allylic oxidation sites excluding steroid dienone is 3. The Balaban J connectivity index is 2.15. The summed E-state index contributed by atoms with van der Waals surface area (Å²) in [7, 11) is 0. The van der Waals surface area contributed by atoms with E-state index in [9.17, 15) is 19.8 Å². The van der Waals surface area contributed by atoms with Crippen LogP contribution < -0.4 is 4.74 Å². The molecule has 0 atom stereocenters. The van der Waals surface area contributed by atoms with E-state index in [1.165, 1.54) is 12.1 Å². The molecule has 0 saturated heterocycles. The van der Waals surface area contributed by atoms with E-state index in [0.717, 1.165) is 5.56 Å². The number of aliphatic hydroxyl groups is 1. The maximum Gasteiger partial charge on any atom is 0.336 e. The van der Waals surface area contributed by atoms with Crippen molar-refractivity contribution in [2.75, 3.05) is 0 Å². The number of carboxylic acids is 2. The van der Waals surface area contributed by atoms with Gasteiger partial charge < -0.3 is 20.1 Å². The first-order valence-corrected chi connectivity index (χ1v) is 9.81. The molecule has 2 aromatic carbocycles. The van der Waals surface area contributed by atoms with E-state index in [0.29, 0.717) is 11.3 Å². The molecule has 2 aromatic rings. The van der Waals surface area contributed by atoms with E-state index >= 15 is 0 Å². The number of hydrogen-bond donors (Lipinski definition) is 3. The quantitative estimate of drug-likeness (QED) is 0.499. The van der Waals surface area contributed by atoms with Crippen molar-refractivity contribution >= 4 is 11.9 Å². The van der Waals surface area contributed by atoms with Gasteiger partial charge in [-0.25, -0.2) is 9.59 Å². The molecule has 6 heteroatoms. The number of carboxylic acid groups (broad SMARTS) is 2. The summed E-state index contributed by atoms with van der Waals surface area (Å²) >= 11 is 0. The molecular formula is C25H28O6. The van der Waals surface area contributed by atoms with E-state index in [1.54, 1.807) is 32.1 Å². The van der Waals surface area contributed by atoms with Gasteiger partial charge in [0.15, 0.2) is 0 Å². The average molecular weight is 424 g/mol. The molecule has 0 unspecified atom stereocenters. The van der Waals surface area contributed by atoms with Crippen LogP contribution in [0.25, 0.3) is 0 Å². The molecule has 0 saturated carbocycles. The molecule has 2 rings (SSSR count).